The molecule has 2 rings (SSSR count). The van der Waals surface area contributed by atoms with Crippen molar-refractivity contribution in [2.24, 2.45) is 5.10 Å². The number of rotatable bonds is 6. The molecule has 0 heterocycles. The van der Waals surface area contributed by atoms with E-state index in [-0.39, 0.29) is 5.91 Å². The lowest BCUT2D eigenvalue weighted by Gasteiger charge is -2.04. The molecule has 3 nitrogen and oxygen atoms in total. The average Bonchev–Trinajstić information content (AvgIpc) is 2.53. The summed E-state index contributed by atoms with van der Waals surface area (Å²) in [7, 11) is 0. The number of thioether (sulfide) groups is 1. The van der Waals surface area contributed by atoms with Crippen LogP contribution in [0.4, 0.5) is 0 Å². The molecule has 0 spiro atoms. The summed E-state index contributed by atoms with van der Waals surface area (Å²) in [6, 6.07) is 17.9. The minimum atomic E-state index is -0.0877. The van der Waals surface area contributed by atoms with Crippen molar-refractivity contribution in [2.75, 3.05) is 5.75 Å². The Balaban J connectivity index is 1.76. The maximum Gasteiger partial charge on any atom is 0.250 e. The van der Waals surface area contributed by atoms with Gasteiger partial charge in [-0.05, 0) is 30.2 Å². The Morgan fingerprint density at radius 1 is 1.18 bits per heavy atom. The molecular weight excluding hydrogens is 360 g/mol. The number of hydrogen-bond acceptors (Lipinski definition) is 3. The molecule has 1 amide bonds. The summed E-state index contributed by atoms with van der Waals surface area (Å²) in [6.07, 6.45) is 0. The van der Waals surface area contributed by atoms with Crippen molar-refractivity contribution < 1.29 is 4.79 Å². The fourth-order valence-corrected chi connectivity index (χ4v) is 3.02. The van der Waals surface area contributed by atoms with Crippen molar-refractivity contribution in [1.29, 1.82) is 0 Å². The van der Waals surface area contributed by atoms with Gasteiger partial charge in [-0.3, -0.25) is 4.79 Å². The summed E-state index contributed by atoms with van der Waals surface area (Å²) in [4.78, 5) is 11.8. The molecule has 114 valence electrons. The van der Waals surface area contributed by atoms with Gasteiger partial charge in [-0.15, -0.1) is 11.8 Å². The minimum absolute atomic E-state index is 0.0877. The third-order valence-corrected chi connectivity index (χ3v) is 4.43. The van der Waals surface area contributed by atoms with Crippen LogP contribution in [-0.4, -0.2) is 17.4 Å². The van der Waals surface area contributed by atoms with E-state index < -0.39 is 0 Å². The Morgan fingerprint density at radius 2 is 1.95 bits per heavy atom. The van der Waals surface area contributed by atoms with Crippen molar-refractivity contribution in [3.63, 3.8) is 0 Å². The molecule has 0 aliphatic carbocycles. The Morgan fingerprint density at radius 3 is 2.68 bits per heavy atom. The third-order valence-electron chi connectivity index (χ3n) is 2.93. The van der Waals surface area contributed by atoms with Gasteiger partial charge in [0.2, 0.25) is 5.91 Å². The van der Waals surface area contributed by atoms with Gasteiger partial charge in [0, 0.05) is 10.2 Å². The maximum atomic E-state index is 11.8. The van der Waals surface area contributed by atoms with E-state index in [1.807, 2.05) is 55.5 Å². The van der Waals surface area contributed by atoms with Crippen LogP contribution in [0.3, 0.4) is 0 Å². The Kier molecular flexibility index (Phi) is 6.68. The molecule has 2 aromatic rings. The molecule has 0 radical (unpaired) electrons. The number of carbonyl (C=O) groups is 1. The minimum Gasteiger partial charge on any atom is -0.272 e. The number of nitrogens with one attached hydrogen (secondary N) is 1. The third kappa shape index (κ3) is 5.66. The first-order valence-electron chi connectivity index (χ1n) is 6.86. The number of nitrogens with zero attached hydrogens (tertiary/aromatic N) is 1. The van der Waals surface area contributed by atoms with Crippen LogP contribution in [0.2, 0.25) is 0 Å². The van der Waals surface area contributed by atoms with Gasteiger partial charge in [-0.25, -0.2) is 5.43 Å². The molecule has 0 saturated heterocycles. The van der Waals surface area contributed by atoms with Crippen LogP contribution in [0.25, 0.3) is 0 Å². The van der Waals surface area contributed by atoms with Crippen LogP contribution in [0.1, 0.15) is 18.1 Å². The van der Waals surface area contributed by atoms with Gasteiger partial charge in [0.1, 0.15) is 0 Å². The molecule has 0 fully saturated rings. The Bertz CT molecular complexity index is 659. The lowest BCUT2D eigenvalue weighted by molar-refractivity contribution is -0.118. The Hall–Kier alpha value is -1.59. The van der Waals surface area contributed by atoms with E-state index in [1.54, 1.807) is 11.8 Å². The summed E-state index contributed by atoms with van der Waals surface area (Å²) in [5.74, 6) is 1.10. The van der Waals surface area contributed by atoms with Gasteiger partial charge in [0.25, 0.3) is 0 Å². The molecule has 0 unspecified atom stereocenters. The molecule has 0 aliphatic heterocycles. The molecule has 0 atom stereocenters. The lowest BCUT2D eigenvalue weighted by Crippen LogP contribution is -2.21. The summed E-state index contributed by atoms with van der Waals surface area (Å²) < 4.78 is 1.05. The number of carbonyl (C=O) groups excluding carboxylic acids is 1. The van der Waals surface area contributed by atoms with Crippen LogP contribution in [-0.2, 0) is 10.5 Å². The molecule has 0 bridgehead atoms. The maximum absolute atomic E-state index is 11.8. The lowest BCUT2D eigenvalue weighted by atomic mass is 10.1. The first-order chi connectivity index (χ1) is 10.6. The van der Waals surface area contributed by atoms with Gasteiger partial charge < -0.3 is 0 Å². The van der Waals surface area contributed by atoms with Crippen LogP contribution in [0, 0.1) is 0 Å². The number of hydrazone groups is 1. The number of halogens is 1. The van der Waals surface area contributed by atoms with Crippen molar-refractivity contribution in [3.8, 4) is 0 Å². The van der Waals surface area contributed by atoms with Gasteiger partial charge in [0.15, 0.2) is 0 Å². The van der Waals surface area contributed by atoms with Crippen LogP contribution in [0.15, 0.2) is 64.2 Å². The predicted molar refractivity (Wildman–Crippen MR) is 97.1 cm³/mol. The smallest absolute Gasteiger partial charge is 0.250 e. The highest BCUT2D eigenvalue weighted by atomic mass is 79.9. The topological polar surface area (TPSA) is 41.5 Å². The molecule has 5 heteroatoms. The van der Waals surface area contributed by atoms with Crippen LogP contribution in [0.5, 0.6) is 0 Å². The Labute approximate surface area is 143 Å². The summed E-state index contributed by atoms with van der Waals surface area (Å²) >= 11 is 5.01. The van der Waals surface area contributed by atoms with E-state index in [1.165, 1.54) is 5.56 Å². The van der Waals surface area contributed by atoms with Crippen LogP contribution < -0.4 is 5.43 Å². The highest BCUT2D eigenvalue weighted by Gasteiger charge is 2.02. The van der Waals surface area contributed by atoms with E-state index >= 15 is 0 Å². The van der Waals surface area contributed by atoms with Crippen molar-refractivity contribution >= 4 is 39.3 Å². The van der Waals surface area contributed by atoms with E-state index in [0.29, 0.717) is 5.75 Å². The quantitative estimate of drug-likeness (QED) is 0.605. The van der Waals surface area contributed by atoms with Crippen LogP contribution >= 0.6 is 27.7 Å². The van der Waals surface area contributed by atoms with Crippen molar-refractivity contribution in [2.45, 2.75) is 12.7 Å². The number of hydrogen-bond donors (Lipinski definition) is 1. The van der Waals surface area contributed by atoms with E-state index in [4.69, 9.17) is 0 Å². The zero-order valence-corrected chi connectivity index (χ0v) is 14.7. The number of amides is 1. The second-order valence-electron chi connectivity index (χ2n) is 4.72. The molecular formula is C17H17BrN2OS. The molecule has 22 heavy (non-hydrogen) atoms. The van der Waals surface area contributed by atoms with Gasteiger partial charge in [-0.2, -0.15) is 5.10 Å². The average molecular weight is 377 g/mol. The SMILES string of the molecule is C/C(=N/NC(=O)CSCc1cccc(Br)c1)c1ccccc1. The molecule has 0 aromatic heterocycles. The highest BCUT2D eigenvalue weighted by molar-refractivity contribution is 9.10. The summed E-state index contributed by atoms with van der Waals surface area (Å²) in [6.45, 7) is 1.88. The summed E-state index contributed by atoms with van der Waals surface area (Å²) in [5.41, 5.74) is 5.59. The highest BCUT2D eigenvalue weighted by Crippen LogP contribution is 2.16. The van der Waals surface area contributed by atoms with Crippen molar-refractivity contribution in [3.05, 3.63) is 70.2 Å². The van der Waals surface area contributed by atoms with E-state index in [0.717, 1.165) is 21.5 Å². The fraction of sp³-hybridized carbons (Fsp3) is 0.176. The molecule has 2 aromatic carbocycles. The normalized spacial score (nSPS) is 11.3. The molecule has 0 aliphatic rings. The van der Waals surface area contributed by atoms with Crippen molar-refractivity contribution in [1.82, 2.24) is 5.43 Å². The van der Waals surface area contributed by atoms with Gasteiger partial charge >= 0.3 is 0 Å². The van der Waals surface area contributed by atoms with Gasteiger partial charge in [-0.1, -0.05) is 58.4 Å². The largest absolute Gasteiger partial charge is 0.272 e. The fourth-order valence-electron chi connectivity index (χ4n) is 1.81. The van der Waals surface area contributed by atoms with E-state index in [9.17, 15) is 4.79 Å². The zero-order chi connectivity index (χ0) is 15.8. The predicted octanol–water partition coefficient (Wildman–Crippen LogP) is 4.22. The first kappa shape index (κ1) is 16.8. The summed E-state index contributed by atoms with van der Waals surface area (Å²) in [5, 5.41) is 4.13. The molecule has 1 N–H and O–H groups in total. The second kappa shape index (κ2) is 8.76. The second-order valence-corrected chi connectivity index (χ2v) is 6.62. The zero-order valence-electron chi connectivity index (χ0n) is 12.3. The first-order valence-corrected chi connectivity index (χ1v) is 8.80. The molecule has 0 saturated carbocycles. The number of benzene rings is 2. The van der Waals surface area contributed by atoms with Gasteiger partial charge in [0.05, 0.1) is 11.5 Å². The van der Waals surface area contributed by atoms with E-state index in [2.05, 4.69) is 32.5 Å². The monoisotopic (exact) mass is 376 g/mol. The standard InChI is InChI=1S/C17H17BrN2OS/c1-13(15-7-3-2-4-8-15)19-20-17(21)12-22-11-14-6-5-9-16(18)10-14/h2-10H,11-12H2,1H3,(H,20,21)/b19-13-.